The van der Waals surface area contributed by atoms with Crippen molar-refractivity contribution in [2.45, 2.75) is 58.1 Å². The number of fused-ring (bicyclic) bond motifs is 3. The van der Waals surface area contributed by atoms with Gasteiger partial charge < -0.3 is 9.84 Å². The Hall–Kier alpha value is -3.21. The first-order chi connectivity index (χ1) is 18.8. The van der Waals surface area contributed by atoms with Gasteiger partial charge in [-0.3, -0.25) is 19.3 Å². The number of nitrogens with zero attached hydrogens (tertiary/aromatic N) is 4. The lowest BCUT2D eigenvalue weighted by molar-refractivity contribution is 0.0746. The zero-order valence-corrected chi connectivity index (χ0v) is 22.2. The molecule has 4 aromatic rings. The van der Waals surface area contributed by atoms with Crippen molar-refractivity contribution in [1.82, 2.24) is 19.5 Å². The van der Waals surface area contributed by atoms with E-state index in [2.05, 4.69) is 15.0 Å². The molecule has 198 valence electrons. The molecular formula is C27H25ClF2N4O3S. The molecule has 0 unspecified atom stereocenters. The van der Waals surface area contributed by atoms with Crippen molar-refractivity contribution < 1.29 is 21.4 Å². The molecule has 0 spiro atoms. The van der Waals surface area contributed by atoms with Crippen LogP contribution in [-0.4, -0.2) is 24.6 Å². The molecule has 0 bridgehead atoms. The second-order valence-corrected chi connectivity index (χ2v) is 10.7. The molecule has 1 N–H and O–H groups in total. The molecule has 5 rings (SSSR count). The summed E-state index contributed by atoms with van der Waals surface area (Å²) in [5.74, 6) is -2.48. The fraction of sp³-hybridized carbons (Fsp3) is 0.333. The predicted molar refractivity (Wildman–Crippen MR) is 141 cm³/mol. The van der Waals surface area contributed by atoms with E-state index < -0.39 is 40.1 Å². The molecule has 0 amide bonds. The van der Waals surface area contributed by atoms with E-state index in [9.17, 15) is 18.7 Å². The first-order valence-electron chi connectivity index (χ1n) is 13.0. The predicted octanol–water partition coefficient (Wildman–Crippen LogP) is 5.76. The van der Waals surface area contributed by atoms with Crippen LogP contribution in [0.1, 0.15) is 58.5 Å². The third-order valence-corrected chi connectivity index (χ3v) is 7.40. The Kier molecular flexibility index (Phi) is 6.60. The van der Waals surface area contributed by atoms with E-state index in [1.165, 1.54) is 22.0 Å². The third kappa shape index (κ3) is 5.34. The van der Waals surface area contributed by atoms with Crippen LogP contribution in [0.2, 0.25) is 5.02 Å². The number of aromatic nitrogens is 4. The average Bonchev–Trinajstić information content (AvgIpc) is 3.40. The number of ether oxygens (including phenoxy) is 1. The molecule has 7 nitrogen and oxygen atoms in total. The van der Waals surface area contributed by atoms with Crippen molar-refractivity contribution in [2.75, 3.05) is 0 Å². The van der Waals surface area contributed by atoms with Gasteiger partial charge in [0.2, 0.25) is 0 Å². The van der Waals surface area contributed by atoms with Crippen LogP contribution in [0.25, 0.3) is 16.4 Å². The number of halogens is 3. The van der Waals surface area contributed by atoms with Crippen LogP contribution in [0.15, 0.2) is 40.8 Å². The molecule has 38 heavy (non-hydrogen) atoms. The second-order valence-electron chi connectivity index (χ2n) is 9.50. The number of hydrogen-bond donors (Lipinski definition) is 1. The first-order valence-corrected chi connectivity index (χ1v) is 13.2. The summed E-state index contributed by atoms with van der Waals surface area (Å²) in [5.41, 5.74) is 0.382. The molecule has 1 aliphatic heterocycles. The van der Waals surface area contributed by atoms with Gasteiger partial charge in [-0.05, 0) is 51.2 Å². The minimum atomic E-state index is -2.84. The van der Waals surface area contributed by atoms with Gasteiger partial charge in [-0.15, -0.1) is 11.3 Å². The second kappa shape index (κ2) is 10.5. The van der Waals surface area contributed by atoms with E-state index in [4.69, 9.17) is 19.1 Å². The molecule has 0 saturated heterocycles. The molecule has 11 heteroatoms. The molecule has 0 fully saturated rings. The third-order valence-electron chi connectivity index (χ3n) is 6.19. The average molecular weight is 561 g/mol. The molecule has 0 aromatic carbocycles. The number of rotatable bonds is 5. The van der Waals surface area contributed by atoms with E-state index in [0.717, 1.165) is 24.8 Å². The van der Waals surface area contributed by atoms with E-state index in [1.54, 1.807) is 31.5 Å². The molecule has 1 aliphatic rings. The Morgan fingerprint density at radius 1 is 1.18 bits per heavy atom. The van der Waals surface area contributed by atoms with Crippen LogP contribution in [-0.2, 0) is 25.0 Å². The summed E-state index contributed by atoms with van der Waals surface area (Å²) in [4.78, 5) is 26.3. The van der Waals surface area contributed by atoms with Crippen molar-refractivity contribution in [3.8, 4) is 22.1 Å². The van der Waals surface area contributed by atoms with Crippen LogP contribution in [0.4, 0.5) is 8.78 Å². The number of hydrogen-bond acceptors (Lipinski definition) is 7. The summed E-state index contributed by atoms with van der Waals surface area (Å²) < 4.78 is 51.0. The first kappa shape index (κ1) is 23.9. The highest BCUT2D eigenvalue weighted by Gasteiger charge is 2.23. The Bertz CT molecular complexity index is 1660. The Morgan fingerprint density at radius 3 is 2.71 bits per heavy atom. The van der Waals surface area contributed by atoms with E-state index in [0.29, 0.717) is 52.9 Å². The Morgan fingerprint density at radius 2 is 1.97 bits per heavy atom. The molecule has 0 aliphatic carbocycles. The maximum Gasteiger partial charge on any atom is 0.277 e. The van der Waals surface area contributed by atoms with Crippen molar-refractivity contribution in [1.29, 1.82) is 0 Å². The fourth-order valence-corrected chi connectivity index (χ4v) is 5.32. The van der Waals surface area contributed by atoms with Gasteiger partial charge in [0.25, 0.3) is 5.56 Å². The van der Waals surface area contributed by atoms with Crippen LogP contribution >= 0.6 is 22.9 Å². The lowest BCUT2D eigenvalue weighted by Crippen LogP contribution is -2.24. The zero-order valence-electron chi connectivity index (χ0n) is 22.6. The molecule has 4 aromatic heterocycles. The Labute approximate surface area is 229 Å². The lowest BCUT2D eigenvalue weighted by Gasteiger charge is -2.18. The van der Waals surface area contributed by atoms with Crippen molar-refractivity contribution >= 4 is 22.9 Å². The molecule has 5 heterocycles. The summed E-state index contributed by atoms with van der Waals surface area (Å²) in [6.07, 6.45) is 6.01. The molecule has 0 atom stereocenters. The topological polar surface area (TPSA) is 90.1 Å². The normalized spacial score (nSPS) is 14.9. The SMILES string of the molecule is [2H]C([2H])(Oc1cc2n(c(=O)c1Cl)-c1cc(-c3nc(C(C)(C)O)cs3)ncc1CCCCC2)c1ncc(F)cc1F. The van der Waals surface area contributed by atoms with Gasteiger partial charge in [0.15, 0.2) is 5.82 Å². The fourth-order valence-electron chi connectivity index (χ4n) is 4.19. The monoisotopic (exact) mass is 560 g/mol. The number of pyridine rings is 3. The molecular weight excluding hydrogens is 534 g/mol. The van der Waals surface area contributed by atoms with Gasteiger partial charge in [0.05, 0.1) is 20.3 Å². The van der Waals surface area contributed by atoms with E-state index in [-0.39, 0.29) is 5.75 Å². The van der Waals surface area contributed by atoms with Gasteiger partial charge in [0.1, 0.15) is 45.1 Å². The van der Waals surface area contributed by atoms with Gasteiger partial charge in [-0.2, -0.15) is 0 Å². The maximum atomic E-state index is 14.3. The van der Waals surface area contributed by atoms with Crippen molar-refractivity contribution in [3.05, 3.63) is 85.6 Å². The number of thiazole rings is 1. The van der Waals surface area contributed by atoms with Gasteiger partial charge in [-0.25, -0.2) is 13.8 Å². The van der Waals surface area contributed by atoms with Crippen LogP contribution in [0.3, 0.4) is 0 Å². The van der Waals surface area contributed by atoms with Crippen LogP contribution in [0.5, 0.6) is 5.75 Å². The Balaban J connectivity index is 1.62. The number of aryl methyl sites for hydroxylation is 2. The van der Waals surface area contributed by atoms with Crippen molar-refractivity contribution in [2.24, 2.45) is 0 Å². The standard InChI is InChI=1S/C27H25ClF2N4O3S/c1-27(2,36)23-14-38-25(33-23)19-10-21-15(11-31-19)6-4-3-5-7-17-9-22(24(28)26(35)34(17)21)37-13-20-18(30)8-16(29)12-32-20/h8-12,14,36H,3-7,13H2,1-2H3/i13D2. The summed E-state index contributed by atoms with van der Waals surface area (Å²) in [6, 6.07) is 3.72. The van der Waals surface area contributed by atoms with Crippen LogP contribution < -0.4 is 10.3 Å². The smallest absolute Gasteiger partial charge is 0.277 e. The van der Waals surface area contributed by atoms with Crippen molar-refractivity contribution in [3.63, 3.8) is 0 Å². The van der Waals surface area contributed by atoms with Gasteiger partial charge >= 0.3 is 0 Å². The van der Waals surface area contributed by atoms with E-state index >= 15 is 0 Å². The summed E-state index contributed by atoms with van der Waals surface area (Å²) in [5, 5.41) is 12.3. The molecule has 0 saturated carbocycles. The highest BCUT2D eigenvalue weighted by Crippen LogP contribution is 2.32. The maximum absolute atomic E-state index is 14.3. The summed E-state index contributed by atoms with van der Waals surface area (Å²) >= 11 is 7.77. The minimum Gasteiger partial charge on any atom is -0.485 e. The molecule has 0 radical (unpaired) electrons. The summed E-state index contributed by atoms with van der Waals surface area (Å²) in [7, 11) is 0. The quantitative estimate of drug-likeness (QED) is 0.334. The largest absolute Gasteiger partial charge is 0.485 e. The highest BCUT2D eigenvalue weighted by atomic mass is 35.5. The lowest BCUT2D eigenvalue weighted by atomic mass is 10.1. The van der Waals surface area contributed by atoms with E-state index in [1.807, 2.05) is 0 Å². The summed E-state index contributed by atoms with van der Waals surface area (Å²) in [6.45, 7) is 0.441. The number of aliphatic hydroxyl groups is 1. The van der Waals surface area contributed by atoms with Gasteiger partial charge in [-0.1, -0.05) is 18.0 Å². The zero-order chi connectivity index (χ0) is 28.8. The highest BCUT2D eigenvalue weighted by molar-refractivity contribution is 7.13. The van der Waals surface area contributed by atoms with Crippen LogP contribution in [0, 0.1) is 11.6 Å². The van der Waals surface area contributed by atoms with Gasteiger partial charge in [0, 0.05) is 29.4 Å². The minimum absolute atomic E-state index is 0.279.